The molecule has 3 rings (SSSR count). The molecule has 1 aliphatic heterocycles. The number of benzene rings is 1. The first-order chi connectivity index (χ1) is 12.4. The van der Waals surface area contributed by atoms with Crippen LogP contribution in [0, 0.1) is 0 Å². The molecule has 2 atom stereocenters. The van der Waals surface area contributed by atoms with E-state index >= 15 is 0 Å². The summed E-state index contributed by atoms with van der Waals surface area (Å²) in [5.41, 5.74) is 1.26. The van der Waals surface area contributed by atoms with Crippen LogP contribution < -0.4 is 10.0 Å². The van der Waals surface area contributed by atoms with Crippen molar-refractivity contribution in [3.05, 3.63) is 47.8 Å². The van der Waals surface area contributed by atoms with Crippen molar-refractivity contribution >= 4 is 15.9 Å². The van der Waals surface area contributed by atoms with Gasteiger partial charge in [-0.25, -0.2) is 13.1 Å². The van der Waals surface area contributed by atoms with Gasteiger partial charge in [-0.05, 0) is 37.6 Å². The number of aromatic nitrogens is 2. The van der Waals surface area contributed by atoms with Gasteiger partial charge in [-0.1, -0.05) is 0 Å². The molecule has 0 aliphatic carbocycles. The highest BCUT2D eigenvalue weighted by molar-refractivity contribution is 7.89. The number of amides is 1. The number of carbonyl (C=O) groups is 1. The van der Waals surface area contributed by atoms with Crippen molar-refractivity contribution in [3.63, 3.8) is 0 Å². The average Bonchev–Trinajstić information content (AvgIpc) is 3.29. The smallest absolute Gasteiger partial charge is 0.251 e. The maximum absolute atomic E-state index is 12.7. The molecule has 2 aromatic rings. The van der Waals surface area contributed by atoms with Gasteiger partial charge in [-0.2, -0.15) is 5.10 Å². The van der Waals surface area contributed by atoms with Crippen molar-refractivity contribution in [1.29, 1.82) is 0 Å². The predicted molar refractivity (Wildman–Crippen MR) is 95.2 cm³/mol. The number of aryl methyl sites for hydroxylation is 1. The minimum absolute atomic E-state index is 0.111. The Bertz CT molecular complexity index is 876. The van der Waals surface area contributed by atoms with Gasteiger partial charge in [-0.15, -0.1) is 0 Å². The molecule has 8 nitrogen and oxygen atoms in total. The summed E-state index contributed by atoms with van der Waals surface area (Å²) in [5, 5.41) is 6.72. The second kappa shape index (κ2) is 7.56. The Morgan fingerprint density at radius 1 is 1.35 bits per heavy atom. The summed E-state index contributed by atoms with van der Waals surface area (Å²) in [6.45, 7) is 3.19. The molecule has 140 valence electrons. The van der Waals surface area contributed by atoms with E-state index < -0.39 is 10.0 Å². The molecule has 0 radical (unpaired) electrons. The van der Waals surface area contributed by atoms with Crippen LogP contribution in [0.25, 0.3) is 0 Å². The molecule has 2 N–H and O–H groups in total. The van der Waals surface area contributed by atoms with Gasteiger partial charge in [0.15, 0.2) is 0 Å². The minimum atomic E-state index is -3.72. The van der Waals surface area contributed by atoms with Crippen LogP contribution in [0.15, 0.2) is 41.6 Å². The van der Waals surface area contributed by atoms with E-state index in [0.717, 1.165) is 12.1 Å². The van der Waals surface area contributed by atoms with E-state index in [0.29, 0.717) is 18.6 Å². The molecule has 9 heteroatoms. The Morgan fingerprint density at radius 2 is 2.08 bits per heavy atom. The fraction of sp³-hybridized carbons (Fsp3) is 0.412. The Balaban J connectivity index is 1.76. The first-order valence-corrected chi connectivity index (χ1v) is 9.91. The van der Waals surface area contributed by atoms with E-state index in [1.165, 1.54) is 31.3 Å². The van der Waals surface area contributed by atoms with Crippen molar-refractivity contribution in [2.75, 3.05) is 13.7 Å². The summed E-state index contributed by atoms with van der Waals surface area (Å²) in [5.74, 6) is -0.265. The summed E-state index contributed by atoms with van der Waals surface area (Å²) in [7, 11) is -2.20. The lowest BCUT2D eigenvalue weighted by Crippen LogP contribution is -2.36. The predicted octanol–water partition coefficient (Wildman–Crippen LogP) is 1.07. The largest absolute Gasteiger partial charge is 0.372 e. The van der Waals surface area contributed by atoms with E-state index in [9.17, 15) is 13.2 Å². The molecule has 0 saturated carbocycles. The molecular formula is C17H22N4O4S. The lowest BCUT2D eigenvalue weighted by Gasteiger charge is -2.19. The Hall–Kier alpha value is -2.23. The van der Waals surface area contributed by atoms with Crippen LogP contribution in [-0.4, -0.2) is 43.8 Å². The normalized spacial score (nSPS) is 20.2. The number of carbonyl (C=O) groups excluding carboxylic acids is 1. The SMILES string of the molecule is CCn1cc([C@H]2OCC[C@@H]2NS(=O)(=O)c2ccc(C(=O)NC)cc2)cn1. The monoisotopic (exact) mass is 378 g/mol. The molecule has 1 amide bonds. The topological polar surface area (TPSA) is 102 Å². The number of hydrogen-bond acceptors (Lipinski definition) is 5. The van der Waals surface area contributed by atoms with Gasteiger partial charge in [0.05, 0.1) is 17.1 Å². The highest BCUT2D eigenvalue weighted by atomic mass is 32.2. The van der Waals surface area contributed by atoms with Crippen LogP contribution in [0.2, 0.25) is 0 Å². The molecule has 2 heterocycles. The zero-order chi connectivity index (χ0) is 18.7. The summed E-state index contributed by atoms with van der Waals surface area (Å²) in [6.07, 6.45) is 3.79. The molecule has 1 aliphatic rings. The van der Waals surface area contributed by atoms with E-state index in [1.807, 2.05) is 13.1 Å². The highest BCUT2D eigenvalue weighted by Crippen LogP contribution is 2.30. The summed E-state index contributed by atoms with van der Waals surface area (Å²) in [4.78, 5) is 11.7. The number of nitrogens with zero attached hydrogens (tertiary/aromatic N) is 2. The molecule has 1 aromatic carbocycles. The van der Waals surface area contributed by atoms with Gasteiger partial charge in [0, 0.05) is 37.5 Å². The summed E-state index contributed by atoms with van der Waals surface area (Å²) < 4.78 is 35.6. The Morgan fingerprint density at radius 3 is 2.69 bits per heavy atom. The van der Waals surface area contributed by atoms with E-state index in [1.54, 1.807) is 10.9 Å². The first kappa shape index (κ1) is 18.6. The molecule has 0 spiro atoms. The molecular weight excluding hydrogens is 356 g/mol. The zero-order valence-electron chi connectivity index (χ0n) is 14.7. The quantitative estimate of drug-likeness (QED) is 0.783. The van der Waals surface area contributed by atoms with Gasteiger partial charge >= 0.3 is 0 Å². The van der Waals surface area contributed by atoms with Crippen molar-refractivity contribution in [2.45, 2.75) is 36.9 Å². The van der Waals surface area contributed by atoms with Gasteiger partial charge in [0.2, 0.25) is 10.0 Å². The van der Waals surface area contributed by atoms with Crippen molar-refractivity contribution in [3.8, 4) is 0 Å². The molecule has 0 unspecified atom stereocenters. The van der Waals surface area contributed by atoms with Crippen LogP contribution >= 0.6 is 0 Å². The number of hydrogen-bond donors (Lipinski definition) is 2. The molecule has 1 fully saturated rings. The van der Waals surface area contributed by atoms with Crippen LogP contribution in [-0.2, 0) is 21.3 Å². The molecule has 0 bridgehead atoms. The lowest BCUT2D eigenvalue weighted by atomic mass is 10.1. The third-order valence-corrected chi connectivity index (χ3v) is 5.86. The fourth-order valence-electron chi connectivity index (χ4n) is 2.94. The second-order valence-electron chi connectivity index (χ2n) is 6.04. The van der Waals surface area contributed by atoms with Gasteiger partial charge < -0.3 is 10.1 Å². The number of ether oxygens (including phenoxy) is 1. The van der Waals surface area contributed by atoms with E-state index in [2.05, 4.69) is 15.1 Å². The lowest BCUT2D eigenvalue weighted by molar-refractivity contribution is 0.0963. The average molecular weight is 378 g/mol. The van der Waals surface area contributed by atoms with Gasteiger partial charge in [0.1, 0.15) is 6.10 Å². The standard InChI is InChI=1S/C17H22N4O4S/c1-3-21-11-13(10-19-21)16-15(8-9-25-16)20-26(23,24)14-6-4-12(5-7-14)17(22)18-2/h4-7,10-11,15-16,20H,3,8-9H2,1-2H3,(H,18,22)/t15-,16+/m0/s1. The first-order valence-electron chi connectivity index (χ1n) is 8.43. The highest BCUT2D eigenvalue weighted by Gasteiger charge is 2.34. The third-order valence-electron chi connectivity index (χ3n) is 4.36. The maximum atomic E-state index is 12.7. The van der Waals surface area contributed by atoms with Crippen molar-refractivity contribution in [1.82, 2.24) is 19.8 Å². The summed E-state index contributed by atoms with van der Waals surface area (Å²) in [6, 6.07) is 5.45. The van der Waals surface area contributed by atoms with E-state index in [-0.39, 0.29) is 22.9 Å². The van der Waals surface area contributed by atoms with Gasteiger partial charge in [0.25, 0.3) is 5.91 Å². The van der Waals surface area contributed by atoms with Crippen LogP contribution in [0.3, 0.4) is 0 Å². The van der Waals surface area contributed by atoms with Crippen molar-refractivity contribution in [2.24, 2.45) is 0 Å². The van der Waals surface area contributed by atoms with Gasteiger partial charge in [-0.3, -0.25) is 9.48 Å². The van der Waals surface area contributed by atoms with Crippen LogP contribution in [0.5, 0.6) is 0 Å². The van der Waals surface area contributed by atoms with Crippen LogP contribution in [0.4, 0.5) is 0 Å². The van der Waals surface area contributed by atoms with Crippen LogP contribution in [0.1, 0.15) is 35.4 Å². The zero-order valence-corrected chi connectivity index (χ0v) is 15.5. The fourth-order valence-corrected chi connectivity index (χ4v) is 4.21. The minimum Gasteiger partial charge on any atom is -0.372 e. The van der Waals surface area contributed by atoms with E-state index in [4.69, 9.17) is 4.74 Å². The van der Waals surface area contributed by atoms with Crippen molar-refractivity contribution < 1.29 is 17.9 Å². The third kappa shape index (κ3) is 3.79. The Labute approximate surface area is 152 Å². The number of rotatable bonds is 6. The molecule has 1 aromatic heterocycles. The molecule has 1 saturated heterocycles. The number of sulfonamides is 1. The molecule has 26 heavy (non-hydrogen) atoms. The second-order valence-corrected chi connectivity index (χ2v) is 7.75. The maximum Gasteiger partial charge on any atom is 0.251 e. The Kier molecular flexibility index (Phi) is 5.40. The summed E-state index contributed by atoms with van der Waals surface area (Å²) >= 11 is 0. The number of nitrogens with one attached hydrogen (secondary N) is 2.